The molecule has 2 saturated heterocycles. The molecule has 2 aliphatic heterocycles. The number of hydrogen-bond acceptors (Lipinski definition) is 3. The number of nitrogens with zero attached hydrogens (tertiary/aromatic N) is 1. The molecule has 0 spiro atoms. The molecule has 3 aliphatic rings. The summed E-state index contributed by atoms with van der Waals surface area (Å²) in [6.45, 7) is 6.80. The zero-order valence-electron chi connectivity index (χ0n) is 13.5. The Morgan fingerprint density at radius 1 is 1.29 bits per heavy atom. The number of likely N-dealkylation sites (tertiary alicyclic amines) is 1. The van der Waals surface area contributed by atoms with Crippen LogP contribution in [-0.4, -0.2) is 48.7 Å². The third-order valence-corrected chi connectivity index (χ3v) is 5.28. The summed E-state index contributed by atoms with van der Waals surface area (Å²) in [4.78, 5) is 14.7. The maximum Gasteiger partial charge on any atom is 0.239 e. The number of rotatable bonds is 4. The van der Waals surface area contributed by atoms with Crippen molar-refractivity contribution < 1.29 is 9.53 Å². The Kier molecular flexibility index (Phi) is 4.85. The van der Waals surface area contributed by atoms with E-state index in [9.17, 15) is 4.79 Å². The molecule has 3 rings (SSSR count). The van der Waals surface area contributed by atoms with E-state index in [1.807, 2.05) is 4.90 Å². The standard InChI is InChI=1S/C17H30N2O2/c1-12(2)11-21-14-7-8-19(10-14)17(20)16-9-13-5-3-4-6-15(13)18-16/h12-16,18H,3-11H2,1-2H3. The topological polar surface area (TPSA) is 41.6 Å². The van der Waals surface area contributed by atoms with Crippen LogP contribution in [0.5, 0.6) is 0 Å². The fourth-order valence-electron chi connectivity index (χ4n) is 4.12. The van der Waals surface area contributed by atoms with Gasteiger partial charge in [0.1, 0.15) is 0 Å². The molecule has 4 atom stereocenters. The van der Waals surface area contributed by atoms with Crippen molar-refractivity contribution in [3.05, 3.63) is 0 Å². The Morgan fingerprint density at radius 3 is 2.86 bits per heavy atom. The molecule has 1 aliphatic carbocycles. The van der Waals surface area contributed by atoms with Gasteiger partial charge in [0.25, 0.3) is 0 Å². The Morgan fingerprint density at radius 2 is 2.10 bits per heavy atom. The lowest BCUT2D eigenvalue weighted by atomic mass is 9.85. The molecule has 120 valence electrons. The van der Waals surface area contributed by atoms with Crippen molar-refractivity contribution in [3.63, 3.8) is 0 Å². The fourth-order valence-corrected chi connectivity index (χ4v) is 4.12. The molecule has 1 amide bonds. The van der Waals surface area contributed by atoms with Crippen LogP contribution in [-0.2, 0) is 9.53 Å². The molecule has 3 fully saturated rings. The highest BCUT2D eigenvalue weighted by Gasteiger charge is 2.41. The summed E-state index contributed by atoms with van der Waals surface area (Å²) < 4.78 is 5.89. The zero-order valence-corrected chi connectivity index (χ0v) is 13.5. The summed E-state index contributed by atoms with van der Waals surface area (Å²) in [5.41, 5.74) is 0. The molecule has 4 unspecified atom stereocenters. The number of amides is 1. The maximum atomic E-state index is 12.7. The first-order chi connectivity index (χ1) is 10.1. The molecule has 21 heavy (non-hydrogen) atoms. The molecular weight excluding hydrogens is 264 g/mol. The number of nitrogens with one attached hydrogen (secondary N) is 1. The number of hydrogen-bond donors (Lipinski definition) is 1. The summed E-state index contributed by atoms with van der Waals surface area (Å²) in [6, 6.07) is 0.672. The first-order valence-corrected chi connectivity index (χ1v) is 8.80. The van der Waals surface area contributed by atoms with Crippen molar-refractivity contribution in [1.29, 1.82) is 0 Å². The second-order valence-electron chi connectivity index (χ2n) is 7.53. The second-order valence-corrected chi connectivity index (χ2v) is 7.53. The van der Waals surface area contributed by atoms with Crippen molar-refractivity contribution in [2.75, 3.05) is 19.7 Å². The SMILES string of the molecule is CC(C)COC1CCN(C(=O)C2CC3CCCCC3N2)C1. The van der Waals surface area contributed by atoms with Crippen LogP contribution in [0.4, 0.5) is 0 Å². The van der Waals surface area contributed by atoms with Gasteiger partial charge in [0.2, 0.25) is 5.91 Å². The maximum absolute atomic E-state index is 12.7. The van der Waals surface area contributed by atoms with Gasteiger partial charge in [-0.25, -0.2) is 0 Å². The quantitative estimate of drug-likeness (QED) is 0.864. The van der Waals surface area contributed by atoms with Crippen molar-refractivity contribution in [2.24, 2.45) is 11.8 Å². The van der Waals surface area contributed by atoms with Crippen molar-refractivity contribution in [2.45, 2.75) is 70.6 Å². The highest BCUT2D eigenvalue weighted by atomic mass is 16.5. The first kappa shape index (κ1) is 15.3. The van der Waals surface area contributed by atoms with E-state index in [4.69, 9.17) is 4.74 Å². The van der Waals surface area contributed by atoms with Crippen LogP contribution in [0.3, 0.4) is 0 Å². The largest absolute Gasteiger partial charge is 0.376 e. The number of carbonyl (C=O) groups excluding carboxylic acids is 1. The summed E-state index contributed by atoms with van der Waals surface area (Å²) >= 11 is 0. The minimum absolute atomic E-state index is 0.0712. The number of carbonyl (C=O) groups is 1. The van der Waals surface area contributed by atoms with Gasteiger partial charge in [-0.05, 0) is 37.5 Å². The molecule has 0 aromatic rings. The minimum atomic E-state index is 0.0712. The van der Waals surface area contributed by atoms with E-state index >= 15 is 0 Å². The predicted molar refractivity (Wildman–Crippen MR) is 83.1 cm³/mol. The van der Waals surface area contributed by atoms with Gasteiger partial charge in [-0.1, -0.05) is 26.7 Å². The highest BCUT2D eigenvalue weighted by molar-refractivity contribution is 5.82. The van der Waals surface area contributed by atoms with Crippen molar-refractivity contribution in [1.82, 2.24) is 10.2 Å². The second kappa shape index (κ2) is 6.66. The fraction of sp³-hybridized carbons (Fsp3) is 0.941. The summed E-state index contributed by atoms with van der Waals surface area (Å²) in [5, 5.41) is 3.60. The normalized spacial score (nSPS) is 36.2. The lowest BCUT2D eigenvalue weighted by Gasteiger charge is -2.24. The van der Waals surface area contributed by atoms with Crippen LogP contribution in [0, 0.1) is 11.8 Å². The molecular formula is C17H30N2O2. The van der Waals surface area contributed by atoms with Crippen molar-refractivity contribution in [3.8, 4) is 0 Å². The van der Waals surface area contributed by atoms with Gasteiger partial charge < -0.3 is 15.0 Å². The van der Waals surface area contributed by atoms with E-state index in [0.29, 0.717) is 17.9 Å². The molecule has 0 radical (unpaired) electrons. The Bertz CT molecular complexity index is 358. The molecule has 4 heteroatoms. The van der Waals surface area contributed by atoms with Gasteiger partial charge in [0.05, 0.1) is 12.1 Å². The van der Waals surface area contributed by atoms with Crippen LogP contribution in [0.25, 0.3) is 0 Å². The van der Waals surface area contributed by atoms with E-state index in [2.05, 4.69) is 19.2 Å². The summed E-state index contributed by atoms with van der Waals surface area (Å²) in [6.07, 6.45) is 7.54. The first-order valence-electron chi connectivity index (χ1n) is 8.80. The predicted octanol–water partition coefficient (Wildman–Crippen LogP) is 2.18. The highest BCUT2D eigenvalue weighted by Crippen LogP contribution is 2.34. The molecule has 0 aromatic carbocycles. The Hall–Kier alpha value is -0.610. The van der Waals surface area contributed by atoms with Crippen molar-refractivity contribution >= 4 is 5.91 Å². The van der Waals surface area contributed by atoms with Crippen LogP contribution >= 0.6 is 0 Å². The number of fused-ring (bicyclic) bond motifs is 1. The van der Waals surface area contributed by atoms with Gasteiger partial charge in [-0.15, -0.1) is 0 Å². The van der Waals surface area contributed by atoms with Crippen LogP contribution in [0.15, 0.2) is 0 Å². The summed E-state index contributed by atoms with van der Waals surface area (Å²) in [5.74, 6) is 1.62. The third kappa shape index (κ3) is 3.59. The Labute approximate surface area is 128 Å². The van der Waals surface area contributed by atoms with Crippen LogP contribution in [0.2, 0.25) is 0 Å². The van der Waals surface area contributed by atoms with E-state index in [0.717, 1.165) is 38.5 Å². The Balaban J connectivity index is 1.48. The van der Waals surface area contributed by atoms with Crippen LogP contribution in [0.1, 0.15) is 52.4 Å². The lowest BCUT2D eigenvalue weighted by molar-refractivity contribution is -0.132. The monoisotopic (exact) mass is 294 g/mol. The summed E-state index contributed by atoms with van der Waals surface area (Å²) in [7, 11) is 0. The average Bonchev–Trinajstić information content (AvgIpc) is 3.11. The third-order valence-electron chi connectivity index (χ3n) is 5.28. The lowest BCUT2D eigenvalue weighted by Crippen LogP contribution is -2.45. The van der Waals surface area contributed by atoms with Gasteiger partial charge in [-0.3, -0.25) is 4.79 Å². The molecule has 4 nitrogen and oxygen atoms in total. The smallest absolute Gasteiger partial charge is 0.239 e. The van der Waals surface area contributed by atoms with E-state index in [-0.39, 0.29) is 12.1 Å². The van der Waals surface area contributed by atoms with Gasteiger partial charge >= 0.3 is 0 Å². The van der Waals surface area contributed by atoms with E-state index < -0.39 is 0 Å². The zero-order chi connectivity index (χ0) is 14.8. The molecule has 1 saturated carbocycles. The minimum Gasteiger partial charge on any atom is -0.376 e. The molecule has 1 N–H and O–H groups in total. The molecule has 2 heterocycles. The van der Waals surface area contributed by atoms with Crippen LogP contribution < -0.4 is 5.32 Å². The average molecular weight is 294 g/mol. The van der Waals surface area contributed by atoms with E-state index in [1.165, 1.54) is 25.7 Å². The molecule has 0 aromatic heterocycles. The van der Waals surface area contributed by atoms with Gasteiger partial charge in [0.15, 0.2) is 0 Å². The van der Waals surface area contributed by atoms with Gasteiger partial charge in [0, 0.05) is 25.7 Å². The number of ether oxygens (including phenoxy) is 1. The molecule has 0 bridgehead atoms. The van der Waals surface area contributed by atoms with E-state index in [1.54, 1.807) is 0 Å². The van der Waals surface area contributed by atoms with Gasteiger partial charge in [-0.2, -0.15) is 0 Å².